The van der Waals surface area contributed by atoms with Crippen molar-refractivity contribution in [3.63, 3.8) is 0 Å². The van der Waals surface area contributed by atoms with E-state index >= 15 is 0 Å². The molecular formula is C13H12Cl2N2O2. The fourth-order valence-electron chi connectivity index (χ4n) is 1.90. The van der Waals surface area contributed by atoms with Crippen LogP contribution in [0.1, 0.15) is 28.5 Å². The van der Waals surface area contributed by atoms with E-state index in [1.54, 1.807) is 13.1 Å². The minimum absolute atomic E-state index is 0.134. The average molecular weight is 299 g/mol. The summed E-state index contributed by atoms with van der Waals surface area (Å²) in [6.45, 7) is 1.87. The van der Waals surface area contributed by atoms with Gasteiger partial charge in [-0.25, -0.2) is 0 Å². The first-order valence-electron chi connectivity index (χ1n) is 5.73. The molecule has 100 valence electrons. The quantitative estimate of drug-likeness (QED) is 0.886. The van der Waals surface area contributed by atoms with Crippen molar-refractivity contribution >= 4 is 29.0 Å². The molecule has 19 heavy (non-hydrogen) atoms. The number of aryl methyl sites for hydroxylation is 2. The summed E-state index contributed by atoms with van der Waals surface area (Å²) in [4.78, 5) is 24.4. The summed E-state index contributed by atoms with van der Waals surface area (Å²) in [5.41, 5.74) is 0.656. The van der Waals surface area contributed by atoms with Crippen molar-refractivity contribution in [2.45, 2.75) is 13.3 Å². The monoisotopic (exact) mass is 298 g/mol. The van der Waals surface area contributed by atoms with Crippen LogP contribution in [-0.4, -0.2) is 15.6 Å². The number of H-pyrrole nitrogens is 1. The molecule has 6 heteroatoms. The summed E-state index contributed by atoms with van der Waals surface area (Å²) in [5, 5.41) is 3.54. The highest BCUT2D eigenvalue weighted by Gasteiger charge is 2.22. The molecule has 0 bridgehead atoms. The number of halogens is 2. The molecule has 1 aromatic heterocycles. The molecular weight excluding hydrogens is 287 g/mol. The molecule has 0 fully saturated rings. The largest absolute Gasteiger partial charge is 0.299 e. The fraction of sp³-hybridized carbons (Fsp3) is 0.231. The first kappa shape index (κ1) is 13.9. The zero-order chi connectivity index (χ0) is 14.2. The Kier molecular flexibility index (Phi) is 3.83. The number of carbonyl (C=O) groups is 1. The summed E-state index contributed by atoms with van der Waals surface area (Å²) in [6.07, 6.45) is 0.558. The Balaban J connectivity index is 2.59. The Hall–Kier alpha value is -1.52. The predicted molar refractivity (Wildman–Crippen MR) is 75.3 cm³/mol. The van der Waals surface area contributed by atoms with Crippen molar-refractivity contribution < 1.29 is 4.79 Å². The second-order valence-electron chi connectivity index (χ2n) is 4.14. The zero-order valence-corrected chi connectivity index (χ0v) is 12.0. The number of aromatic nitrogens is 2. The molecule has 0 saturated heterocycles. The predicted octanol–water partition coefficient (Wildman–Crippen LogP) is 2.81. The van der Waals surface area contributed by atoms with Gasteiger partial charge in [-0.05, 0) is 24.6 Å². The molecule has 0 aliphatic heterocycles. The summed E-state index contributed by atoms with van der Waals surface area (Å²) < 4.78 is 1.29. The van der Waals surface area contributed by atoms with Crippen LogP contribution in [0.2, 0.25) is 10.0 Å². The average Bonchev–Trinajstić information content (AvgIpc) is 2.64. The van der Waals surface area contributed by atoms with Crippen molar-refractivity contribution in [1.82, 2.24) is 9.78 Å². The van der Waals surface area contributed by atoms with Gasteiger partial charge in [0.25, 0.3) is 5.56 Å². The number of ketones is 1. The number of benzene rings is 1. The van der Waals surface area contributed by atoms with Gasteiger partial charge in [-0.2, -0.15) is 0 Å². The van der Waals surface area contributed by atoms with Crippen LogP contribution in [0.3, 0.4) is 0 Å². The van der Waals surface area contributed by atoms with Crippen molar-refractivity contribution in [3.8, 4) is 0 Å². The summed E-state index contributed by atoms with van der Waals surface area (Å²) in [5.74, 6) is -0.389. The maximum absolute atomic E-state index is 12.4. The molecule has 4 nitrogen and oxygen atoms in total. The Morgan fingerprint density at radius 2 is 2.05 bits per heavy atom. The van der Waals surface area contributed by atoms with Crippen LogP contribution < -0.4 is 5.56 Å². The van der Waals surface area contributed by atoms with Gasteiger partial charge in [0.1, 0.15) is 5.56 Å². The molecule has 0 aliphatic carbocycles. The van der Waals surface area contributed by atoms with E-state index in [0.29, 0.717) is 17.1 Å². The van der Waals surface area contributed by atoms with Gasteiger partial charge in [0, 0.05) is 23.3 Å². The molecule has 2 aromatic rings. The van der Waals surface area contributed by atoms with Gasteiger partial charge in [-0.3, -0.25) is 19.4 Å². The Labute approximate surface area is 119 Å². The molecule has 1 aromatic carbocycles. The van der Waals surface area contributed by atoms with Crippen LogP contribution in [0.5, 0.6) is 0 Å². The van der Waals surface area contributed by atoms with E-state index < -0.39 is 0 Å². The second kappa shape index (κ2) is 5.23. The number of rotatable bonds is 3. The molecule has 0 saturated carbocycles. The Morgan fingerprint density at radius 1 is 1.37 bits per heavy atom. The molecule has 2 rings (SSSR count). The topological polar surface area (TPSA) is 54.9 Å². The van der Waals surface area contributed by atoms with E-state index in [0.717, 1.165) is 0 Å². The summed E-state index contributed by atoms with van der Waals surface area (Å²) in [6, 6.07) is 4.58. The van der Waals surface area contributed by atoms with Crippen molar-refractivity contribution in [3.05, 3.63) is 55.4 Å². The molecule has 0 aliphatic rings. The zero-order valence-electron chi connectivity index (χ0n) is 10.5. The van der Waals surface area contributed by atoms with Gasteiger partial charge < -0.3 is 0 Å². The first-order chi connectivity index (χ1) is 8.95. The third-order valence-corrected chi connectivity index (χ3v) is 3.43. The normalized spacial score (nSPS) is 10.7. The maximum atomic E-state index is 12.4. The standard InChI is InChI=1S/C13H12Cl2N2O2/c1-3-10-11(13(19)17(2)16-10)12(18)8-5-4-7(14)6-9(8)15/h4-6,16H,3H2,1-2H3. The van der Waals surface area contributed by atoms with Gasteiger partial charge in [0.05, 0.1) is 5.02 Å². The van der Waals surface area contributed by atoms with Gasteiger partial charge in [0.15, 0.2) is 0 Å². The van der Waals surface area contributed by atoms with E-state index in [4.69, 9.17) is 23.2 Å². The lowest BCUT2D eigenvalue weighted by Gasteiger charge is -2.03. The summed E-state index contributed by atoms with van der Waals surface area (Å²) >= 11 is 11.8. The second-order valence-corrected chi connectivity index (χ2v) is 4.98. The van der Waals surface area contributed by atoms with Crippen LogP contribution in [0, 0.1) is 0 Å². The van der Waals surface area contributed by atoms with Crippen molar-refractivity contribution in [2.24, 2.45) is 7.05 Å². The minimum Gasteiger partial charge on any atom is -0.299 e. The van der Waals surface area contributed by atoms with E-state index in [9.17, 15) is 9.59 Å². The molecule has 0 unspecified atom stereocenters. The number of hydrogen-bond donors (Lipinski definition) is 1. The van der Waals surface area contributed by atoms with Crippen LogP contribution >= 0.6 is 23.2 Å². The van der Waals surface area contributed by atoms with Crippen molar-refractivity contribution in [2.75, 3.05) is 0 Å². The van der Waals surface area contributed by atoms with E-state index in [1.165, 1.54) is 16.8 Å². The smallest absolute Gasteiger partial charge is 0.277 e. The molecule has 0 amide bonds. The van der Waals surface area contributed by atoms with Gasteiger partial charge in [0.2, 0.25) is 5.78 Å². The third kappa shape index (κ3) is 2.46. The highest BCUT2D eigenvalue weighted by molar-refractivity contribution is 6.37. The van der Waals surface area contributed by atoms with Crippen LogP contribution in [0.4, 0.5) is 0 Å². The number of carbonyl (C=O) groups excluding carboxylic acids is 1. The van der Waals surface area contributed by atoms with E-state index in [-0.39, 0.29) is 27.5 Å². The number of nitrogens with one attached hydrogen (secondary N) is 1. The molecule has 0 radical (unpaired) electrons. The van der Waals surface area contributed by atoms with E-state index in [2.05, 4.69) is 5.10 Å². The van der Waals surface area contributed by atoms with Gasteiger partial charge in [-0.1, -0.05) is 30.1 Å². The highest BCUT2D eigenvalue weighted by Crippen LogP contribution is 2.23. The van der Waals surface area contributed by atoms with Crippen molar-refractivity contribution in [1.29, 1.82) is 0 Å². The first-order valence-corrected chi connectivity index (χ1v) is 6.49. The Morgan fingerprint density at radius 3 is 2.63 bits per heavy atom. The third-order valence-electron chi connectivity index (χ3n) is 2.88. The number of hydrogen-bond acceptors (Lipinski definition) is 2. The van der Waals surface area contributed by atoms with Gasteiger partial charge in [-0.15, -0.1) is 0 Å². The molecule has 0 atom stereocenters. The lowest BCUT2D eigenvalue weighted by atomic mass is 10.0. The minimum atomic E-state index is -0.389. The fourth-order valence-corrected chi connectivity index (χ4v) is 2.40. The molecule has 0 spiro atoms. The lowest BCUT2D eigenvalue weighted by Crippen LogP contribution is -2.20. The molecule has 1 heterocycles. The number of aromatic amines is 1. The van der Waals surface area contributed by atoms with E-state index in [1.807, 2.05) is 6.92 Å². The maximum Gasteiger partial charge on any atom is 0.277 e. The summed E-state index contributed by atoms with van der Waals surface area (Å²) in [7, 11) is 1.57. The van der Waals surface area contributed by atoms with Crippen LogP contribution in [0.15, 0.2) is 23.0 Å². The van der Waals surface area contributed by atoms with Crippen LogP contribution in [0.25, 0.3) is 0 Å². The lowest BCUT2D eigenvalue weighted by molar-refractivity contribution is 0.103. The van der Waals surface area contributed by atoms with Gasteiger partial charge >= 0.3 is 0 Å². The highest BCUT2D eigenvalue weighted by atomic mass is 35.5. The Bertz CT molecular complexity index is 701. The van der Waals surface area contributed by atoms with Crippen LogP contribution in [-0.2, 0) is 13.5 Å². The molecule has 1 N–H and O–H groups in total. The SMILES string of the molecule is CCc1[nH]n(C)c(=O)c1C(=O)c1ccc(Cl)cc1Cl. The number of nitrogens with zero attached hydrogens (tertiary/aromatic N) is 1.